The topological polar surface area (TPSA) is 76.7 Å². The number of halogens is 1. The van der Waals surface area contributed by atoms with Crippen LogP contribution in [0, 0.1) is 5.92 Å². The maximum atomic E-state index is 12.9. The van der Waals surface area contributed by atoms with Gasteiger partial charge in [-0.05, 0) is 50.6 Å². The fraction of sp³-hybridized carbons (Fsp3) is 0.625. The highest BCUT2D eigenvalue weighted by Crippen LogP contribution is 2.29. The average molecular weight is 377 g/mol. The van der Waals surface area contributed by atoms with E-state index in [4.69, 9.17) is 21.1 Å². The van der Waals surface area contributed by atoms with Gasteiger partial charge in [0.15, 0.2) is 0 Å². The van der Waals surface area contributed by atoms with Crippen molar-refractivity contribution in [3.8, 4) is 5.75 Å². The lowest BCUT2D eigenvalue weighted by Gasteiger charge is -2.30. The molecule has 0 aliphatic carbocycles. The highest BCUT2D eigenvalue weighted by Gasteiger charge is 2.29. The zero-order chi connectivity index (χ0) is 17.7. The standard InChI is InChI=1S/C16H25ClN2O4S/c1-11-9-18-7-6-14(11)19-24(20,21)16-8-13(17)4-5-15(16)23-12(2)10-22-3/h4-5,8,11-12,14,18-19H,6-7,9-10H2,1-3H3. The van der Waals surface area contributed by atoms with Crippen LogP contribution in [0.4, 0.5) is 0 Å². The van der Waals surface area contributed by atoms with Crippen LogP contribution in [0.2, 0.25) is 5.02 Å². The van der Waals surface area contributed by atoms with E-state index < -0.39 is 10.0 Å². The summed E-state index contributed by atoms with van der Waals surface area (Å²) in [5.41, 5.74) is 0. The van der Waals surface area contributed by atoms with Gasteiger partial charge >= 0.3 is 0 Å². The molecule has 2 rings (SSSR count). The molecule has 0 bridgehead atoms. The van der Waals surface area contributed by atoms with E-state index in [1.807, 2.05) is 13.8 Å². The number of piperidine rings is 1. The first-order valence-electron chi connectivity index (χ1n) is 8.01. The van der Waals surface area contributed by atoms with Crippen LogP contribution in [0.15, 0.2) is 23.1 Å². The predicted octanol–water partition coefficient (Wildman–Crippen LogP) is 2.03. The van der Waals surface area contributed by atoms with Crippen molar-refractivity contribution in [2.45, 2.75) is 37.3 Å². The molecular formula is C16H25ClN2O4S. The Bertz CT molecular complexity index is 653. The van der Waals surface area contributed by atoms with Gasteiger partial charge in [-0.2, -0.15) is 0 Å². The van der Waals surface area contributed by atoms with E-state index in [1.165, 1.54) is 6.07 Å². The number of methoxy groups -OCH3 is 1. The molecule has 1 saturated heterocycles. The number of rotatable bonds is 7. The van der Waals surface area contributed by atoms with Gasteiger partial charge in [0, 0.05) is 18.2 Å². The zero-order valence-corrected chi connectivity index (χ0v) is 15.8. The lowest BCUT2D eigenvalue weighted by molar-refractivity contribution is 0.0901. The average Bonchev–Trinajstić information content (AvgIpc) is 2.51. The van der Waals surface area contributed by atoms with Crippen molar-refractivity contribution in [1.82, 2.24) is 10.0 Å². The Morgan fingerprint density at radius 1 is 1.46 bits per heavy atom. The molecule has 24 heavy (non-hydrogen) atoms. The third-order valence-electron chi connectivity index (χ3n) is 4.02. The quantitative estimate of drug-likeness (QED) is 0.761. The van der Waals surface area contributed by atoms with Gasteiger partial charge in [-0.3, -0.25) is 0 Å². The van der Waals surface area contributed by atoms with E-state index in [1.54, 1.807) is 19.2 Å². The van der Waals surface area contributed by atoms with E-state index in [0.29, 0.717) is 11.6 Å². The third kappa shape index (κ3) is 5.07. The molecule has 2 N–H and O–H groups in total. The van der Waals surface area contributed by atoms with Gasteiger partial charge in [-0.25, -0.2) is 13.1 Å². The van der Waals surface area contributed by atoms with Crippen LogP contribution in [0.3, 0.4) is 0 Å². The van der Waals surface area contributed by atoms with Gasteiger partial charge in [-0.1, -0.05) is 18.5 Å². The highest BCUT2D eigenvalue weighted by molar-refractivity contribution is 7.89. The second-order valence-electron chi connectivity index (χ2n) is 6.17. The van der Waals surface area contributed by atoms with Crippen LogP contribution in [0.25, 0.3) is 0 Å². The Kier molecular flexibility index (Phi) is 6.88. The third-order valence-corrected chi connectivity index (χ3v) is 5.76. The molecule has 0 saturated carbocycles. The molecule has 1 aliphatic rings. The molecule has 3 atom stereocenters. The van der Waals surface area contributed by atoms with E-state index in [2.05, 4.69) is 10.0 Å². The maximum Gasteiger partial charge on any atom is 0.244 e. The summed E-state index contributed by atoms with van der Waals surface area (Å²) in [7, 11) is -2.17. The van der Waals surface area contributed by atoms with Gasteiger partial charge in [0.05, 0.1) is 6.61 Å². The second kappa shape index (κ2) is 8.49. The first-order chi connectivity index (χ1) is 11.3. The van der Waals surface area contributed by atoms with Crippen LogP contribution in [-0.2, 0) is 14.8 Å². The van der Waals surface area contributed by atoms with E-state index in [-0.39, 0.29) is 28.7 Å². The number of hydrogen-bond acceptors (Lipinski definition) is 5. The van der Waals surface area contributed by atoms with Crippen LogP contribution >= 0.6 is 11.6 Å². The summed E-state index contributed by atoms with van der Waals surface area (Å²) in [4.78, 5) is 0.0590. The number of sulfonamides is 1. The molecule has 3 unspecified atom stereocenters. The largest absolute Gasteiger partial charge is 0.487 e. The Morgan fingerprint density at radius 3 is 2.88 bits per heavy atom. The van der Waals surface area contributed by atoms with Crippen molar-refractivity contribution in [3.05, 3.63) is 23.2 Å². The minimum atomic E-state index is -3.73. The summed E-state index contributed by atoms with van der Waals surface area (Å²) < 4.78 is 39.3. The molecule has 1 aromatic rings. The van der Waals surface area contributed by atoms with Gasteiger partial charge in [0.2, 0.25) is 10.0 Å². The summed E-state index contributed by atoms with van der Waals surface area (Å²) in [6, 6.07) is 4.50. The lowest BCUT2D eigenvalue weighted by Crippen LogP contribution is -2.48. The number of benzene rings is 1. The molecular weight excluding hydrogens is 352 g/mol. The van der Waals surface area contributed by atoms with Gasteiger partial charge in [-0.15, -0.1) is 0 Å². The molecule has 0 spiro atoms. The molecule has 0 radical (unpaired) electrons. The Balaban J connectivity index is 2.25. The van der Waals surface area contributed by atoms with E-state index in [0.717, 1.165) is 19.5 Å². The number of ether oxygens (including phenoxy) is 2. The smallest absolute Gasteiger partial charge is 0.244 e. The van der Waals surface area contributed by atoms with Crippen molar-refractivity contribution in [1.29, 1.82) is 0 Å². The van der Waals surface area contributed by atoms with Crippen molar-refractivity contribution in [2.24, 2.45) is 5.92 Å². The van der Waals surface area contributed by atoms with Crippen molar-refractivity contribution in [3.63, 3.8) is 0 Å². The number of hydrogen-bond donors (Lipinski definition) is 2. The monoisotopic (exact) mass is 376 g/mol. The summed E-state index contributed by atoms with van der Waals surface area (Å²) in [6.07, 6.45) is 0.472. The van der Waals surface area contributed by atoms with Gasteiger partial charge in [0.1, 0.15) is 16.7 Å². The Hall–Kier alpha value is -0.860. The van der Waals surface area contributed by atoms with Gasteiger partial charge < -0.3 is 14.8 Å². The summed E-state index contributed by atoms with van der Waals surface area (Å²) in [5.74, 6) is 0.488. The van der Waals surface area contributed by atoms with Crippen LogP contribution < -0.4 is 14.8 Å². The molecule has 136 valence electrons. The SMILES string of the molecule is COCC(C)Oc1ccc(Cl)cc1S(=O)(=O)NC1CCNCC1C. The molecule has 0 amide bonds. The fourth-order valence-corrected chi connectivity index (χ4v) is 4.50. The normalized spacial score (nSPS) is 23.0. The molecule has 6 nitrogen and oxygen atoms in total. The highest BCUT2D eigenvalue weighted by atomic mass is 35.5. The second-order valence-corrected chi connectivity index (χ2v) is 8.29. The van der Waals surface area contributed by atoms with Crippen molar-refractivity contribution >= 4 is 21.6 Å². The van der Waals surface area contributed by atoms with Crippen LogP contribution in [0.5, 0.6) is 5.75 Å². The van der Waals surface area contributed by atoms with Crippen molar-refractivity contribution < 1.29 is 17.9 Å². The zero-order valence-electron chi connectivity index (χ0n) is 14.2. The summed E-state index contributed by atoms with van der Waals surface area (Å²) in [5, 5.41) is 3.60. The molecule has 8 heteroatoms. The fourth-order valence-electron chi connectivity index (χ4n) is 2.73. The van der Waals surface area contributed by atoms with Gasteiger partial charge in [0.25, 0.3) is 0 Å². The molecule has 0 aromatic heterocycles. The number of nitrogens with one attached hydrogen (secondary N) is 2. The van der Waals surface area contributed by atoms with Crippen molar-refractivity contribution in [2.75, 3.05) is 26.8 Å². The van der Waals surface area contributed by atoms with Crippen LogP contribution in [-0.4, -0.2) is 47.4 Å². The molecule has 1 heterocycles. The minimum Gasteiger partial charge on any atom is -0.487 e. The minimum absolute atomic E-state index is 0.0590. The Labute approximate surface area is 148 Å². The van der Waals surface area contributed by atoms with Crippen LogP contribution in [0.1, 0.15) is 20.3 Å². The lowest BCUT2D eigenvalue weighted by atomic mass is 9.97. The molecule has 1 aliphatic heterocycles. The molecule has 1 fully saturated rings. The van der Waals surface area contributed by atoms with E-state index in [9.17, 15) is 8.42 Å². The Morgan fingerprint density at radius 2 is 2.21 bits per heavy atom. The predicted molar refractivity (Wildman–Crippen MR) is 94.2 cm³/mol. The maximum absolute atomic E-state index is 12.9. The van der Waals surface area contributed by atoms with E-state index >= 15 is 0 Å². The molecule has 1 aromatic carbocycles. The first-order valence-corrected chi connectivity index (χ1v) is 9.88. The summed E-state index contributed by atoms with van der Waals surface area (Å²) >= 11 is 6.01. The first kappa shape index (κ1) is 19.5. The summed E-state index contributed by atoms with van der Waals surface area (Å²) in [6.45, 7) is 5.78.